The summed E-state index contributed by atoms with van der Waals surface area (Å²) in [4.78, 5) is 38.8. The van der Waals surface area contributed by atoms with Gasteiger partial charge < -0.3 is 14.8 Å². The highest BCUT2D eigenvalue weighted by atomic mass is 35.5. The number of anilines is 1. The summed E-state index contributed by atoms with van der Waals surface area (Å²) in [5, 5.41) is 2.58. The summed E-state index contributed by atoms with van der Waals surface area (Å²) in [6.07, 6.45) is 1.53. The van der Waals surface area contributed by atoms with E-state index in [4.69, 9.17) is 21.1 Å². The van der Waals surface area contributed by atoms with Gasteiger partial charge in [0.05, 0.1) is 12.0 Å². The van der Waals surface area contributed by atoms with Gasteiger partial charge in [0.15, 0.2) is 11.5 Å². The number of ether oxygens (including phenoxy) is 2. The average Bonchev–Trinajstić information content (AvgIpc) is 3.13. The number of aryl methyl sites for hydroxylation is 1. The van der Waals surface area contributed by atoms with Crippen molar-refractivity contribution in [2.45, 2.75) is 13.5 Å². The highest BCUT2D eigenvalue weighted by Crippen LogP contribution is 2.35. The van der Waals surface area contributed by atoms with E-state index >= 15 is 0 Å². The van der Waals surface area contributed by atoms with Crippen molar-refractivity contribution in [2.75, 3.05) is 19.0 Å². The van der Waals surface area contributed by atoms with Gasteiger partial charge >= 0.3 is 0 Å². The van der Waals surface area contributed by atoms with Gasteiger partial charge in [-0.3, -0.25) is 19.3 Å². The molecule has 190 valence electrons. The molecule has 3 aromatic rings. The van der Waals surface area contributed by atoms with E-state index in [9.17, 15) is 18.8 Å². The Labute approximate surface area is 222 Å². The minimum atomic E-state index is -0.578. The second-order valence-corrected chi connectivity index (χ2v) is 9.47. The van der Waals surface area contributed by atoms with Crippen LogP contribution in [0.3, 0.4) is 0 Å². The van der Waals surface area contributed by atoms with E-state index in [-0.39, 0.29) is 17.3 Å². The first-order chi connectivity index (χ1) is 17.7. The number of thioether (sulfide) groups is 1. The summed E-state index contributed by atoms with van der Waals surface area (Å²) in [6, 6.07) is 16.3. The molecule has 1 aliphatic heterocycles. The molecule has 10 heteroatoms. The molecule has 1 aliphatic rings. The van der Waals surface area contributed by atoms with Crippen LogP contribution in [0, 0.1) is 12.7 Å². The fraction of sp³-hybridized carbons (Fsp3) is 0.148. The van der Waals surface area contributed by atoms with Crippen LogP contribution < -0.4 is 14.8 Å². The number of methoxy groups -OCH3 is 1. The molecule has 0 atom stereocenters. The van der Waals surface area contributed by atoms with E-state index in [0.29, 0.717) is 33.3 Å². The number of hydrogen-bond acceptors (Lipinski definition) is 6. The van der Waals surface area contributed by atoms with E-state index in [0.717, 1.165) is 22.2 Å². The number of carbonyl (C=O) groups excluding carboxylic acids is 3. The minimum Gasteiger partial charge on any atom is -0.493 e. The molecule has 0 aromatic heterocycles. The summed E-state index contributed by atoms with van der Waals surface area (Å²) < 4.78 is 25.0. The molecule has 3 amide bonds. The molecule has 0 aliphatic carbocycles. The minimum absolute atomic E-state index is 0.0120. The number of amides is 3. The second-order valence-electron chi connectivity index (χ2n) is 8.07. The number of imide groups is 1. The van der Waals surface area contributed by atoms with Crippen molar-refractivity contribution < 1.29 is 28.2 Å². The molecule has 3 aromatic carbocycles. The van der Waals surface area contributed by atoms with Crippen LogP contribution in [0.1, 0.15) is 16.7 Å². The van der Waals surface area contributed by atoms with Crippen LogP contribution in [0.2, 0.25) is 5.02 Å². The Bertz CT molecular complexity index is 1410. The van der Waals surface area contributed by atoms with Gasteiger partial charge in [0.25, 0.3) is 11.1 Å². The summed E-state index contributed by atoms with van der Waals surface area (Å²) in [5.41, 5.74) is 2.31. The van der Waals surface area contributed by atoms with Crippen LogP contribution in [0.4, 0.5) is 14.9 Å². The summed E-state index contributed by atoms with van der Waals surface area (Å²) in [5.74, 6) is -0.707. The summed E-state index contributed by atoms with van der Waals surface area (Å²) in [7, 11) is 1.46. The van der Waals surface area contributed by atoms with Gasteiger partial charge in [-0.15, -0.1) is 0 Å². The number of nitrogens with zero attached hydrogens (tertiary/aromatic N) is 1. The first-order valence-corrected chi connectivity index (χ1v) is 12.3. The Balaban J connectivity index is 1.43. The smallest absolute Gasteiger partial charge is 0.294 e. The summed E-state index contributed by atoms with van der Waals surface area (Å²) in [6.45, 7) is 1.42. The maximum atomic E-state index is 13.9. The Morgan fingerprint density at radius 1 is 1.11 bits per heavy atom. The third kappa shape index (κ3) is 6.31. The first-order valence-electron chi connectivity index (χ1n) is 11.1. The van der Waals surface area contributed by atoms with E-state index in [2.05, 4.69) is 5.32 Å². The summed E-state index contributed by atoms with van der Waals surface area (Å²) >= 11 is 6.82. The molecule has 1 heterocycles. The SMILES string of the molecule is COc1cc(/C=C2/SC(=O)N(CC(=O)Nc3ccc(C)c(Cl)c3)C2=O)ccc1OCc1ccccc1F. The van der Waals surface area contributed by atoms with Crippen LogP contribution in [-0.4, -0.2) is 35.6 Å². The zero-order chi connectivity index (χ0) is 26.5. The van der Waals surface area contributed by atoms with Gasteiger partial charge in [0, 0.05) is 16.3 Å². The van der Waals surface area contributed by atoms with E-state index in [1.165, 1.54) is 19.3 Å². The maximum absolute atomic E-state index is 13.9. The highest BCUT2D eigenvalue weighted by molar-refractivity contribution is 8.18. The highest BCUT2D eigenvalue weighted by Gasteiger charge is 2.36. The molecular formula is C27H22ClFN2O5S. The van der Waals surface area contributed by atoms with Crippen LogP contribution in [-0.2, 0) is 16.2 Å². The van der Waals surface area contributed by atoms with Crippen LogP contribution in [0.5, 0.6) is 11.5 Å². The van der Waals surface area contributed by atoms with E-state index in [1.807, 2.05) is 6.92 Å². The van der Waals surface area contributed by atoms with Crippen molar-refractivity contribution in [2.24, 2.45) is 0 Å². The quantitative estimate of drug-likeness (QED) is 0.350. The van der Waals surface area contributed by atoms with Gasteiger partial charge in [-0.05, 0) is 66.2 Å². The van der Waals surface area contributed by atoms with Gasteiger partial charge in [-0.2, -0.15) is 0 Å². The predicted octanol–water partition coefficient (Wildman–Crippen LogP) is 6.05. The van der Waals surface area contributed by atoms with Gasteiger partial charge in [-0.25, -0.2) is 4.39 Å². The normalized spacial score (nSPS) is 14.3. The topological polar surface area (TPSA) is 84.9 Å². The van der Waals surface area contributed by atoms with Gasteiger partial charge in [-0.1, -0.05) is 41.9 Å². The molecule has 37 heavy (non-hydrogen) atoms. The number of nitrogens with one attached hydrogen (secondary N) is 1. The monoisotopic (exact) mass is 540 g/mol. The number of rotatable bonds is 8. The van der Waals surface area contributed by atoms with Gasteiger partial charge in [0.1, 0.15) is 19.0 Å². The van der Waals surface area contributed by atoms with E-state index in [1.54, 1.807) is 54.6 Å². The van der Waals surface area contributed by atoms with Crippen molar-refractivity contribution >= 4 is 52.2 Å². The largest absolute Gasteiger partial charge is 0.493 e. The maximum Gasteiger partial charge on any atom is 0.294 e. The Morgan fingerprint density at radius 3 is 2.62 bits per heavy atom. The molecule has 0 spiro atoms. The molecule has 1 N–H and O–H groups in total. The molecule has 0 unspecified atom stereocenters. The van der Waals surface area contributed by atoms with Crippen LogP contribution in [0.25, 0.3) is 6.08 Å². The van der Waals surface area contributed by atoms with Crippen LogP contribution in [0.15, 0.2) is 65.6 Å². The lowest BCUT2D eigenvalue weighted by atomic mass is 10.1. The molecule has 1 fully saturated rings. The molecule has 0 bridgehead atoms. The lowest BCUT2D eigenvalue weighted by Gasteiger charge is -2.13. The number of benzene rings is 3. The number of carbonyl (C=O) groups is 3. The molecule has 1 saturated heterocycles. The van der Waals surface area contributed by atoms with Crippen molar-refractivity contribution in [3.05, 3.63) is 93.1 Å². The zero-order valence-corrected chi connectivity index (χ0v) is 21.5. The van der Waals surface area contributed by atoms with Crippen molar-refractivity contribution in [3.8, 4) is 11.5 Å². The molecule has 0 radical (unpaired) electrons. The van der Waals surface area contributed by atoms with Crippen molar-refractivity contribution in [1.29, 1.82) is 0 Å². The second kappa shape index (κ2) is 11.5. The Morgan fingerprint density at radius 2 is 1.89 bits per heavy atom. The lowest BCUT2D eigenvalue weighted by Crippen LogP contribution is -2.36. The third-order valence-corrected chi connectivity index (χ3v) is 6.77. The van der Waals surface area contributed by atoms with Crippen molar-refractivity contribution in [3.63, 3.8) is 0 Å². The first kappa shape index (κ1) is 26.2. The Kier molecular flexibility index (Phi) is 8.15. The number of halogens is 2. The van der Waals surface area contributed by atoms with E-state index < -0.39 is 23.6 Å². The van der Waals surface area contributed by atoms with Crippen molar-refractivity contribution in [1.82, 2.24) is 4.90 Å². The predicted molar refractivity (Wildman–Crippen MR) is 141 cm³/mol. The molecular weight excluding hydrogens is 519 g/mol. The fourth-order valence-corrected chi connectivity index (χ4v) is 4.49. The standard InChI is InChI=1S/C27H22ClFN2O5S/c1-16-7-9-19(13-20(16)28)30-25(32)14-31-26(33)24(37-27(31)34)12-17-8-10-22(23(11-17)35-2)36-15-18-5-3-4-6-21(18)29/h3-13H,14-15H2,1-2H3,(H,30,32)/b24-12+. The van der Waals surface area contributed by atoms with Gasteiger partial charge in [0.2, 0.25) is 5.91 Å². The molecule has 4 rings (SSSR count). The zero-order valence-electron chi connectivity index (χ0n) is 19.9. The number of hydrogen-bond donors (Lipinski definition) is 1. The third-order valence-electron chi connectivity index (χ3n) is 5.46. The Hall–Kier alpha value is -3.82. The lowest BCUT2D eigenvalue weighted by molar-refractivity contribution is -0.127. The fourth-order valence-electron chi connectivity index (χ4n) is 3.47. The van der Waals surface area contributed by atoms with Crippen LogP contribution >= 0.6 is 23.4 Å². The molecule has 0 saturated carbocycles. The average molecular weight is 541 g/mol. The molecule has 7 nitrogen and oxygen atoms in total.